The maximum atomic E-state index is 10.6. The highest BCUT2D eigenvalue weighted by molar-refractivity contribution is 7.19. The topological polar surface area (TPSA) is 65.9 Å². The lowest BCUT2D eigenvalue weighted by Gasteiger charge is -2.14. The highest BCUT2D eigenvalue weighted by Gasteiger charge is 2.12. The Morgan fingerprint density at radius 2 is 1.93 bits per heavy atom. The van der Waals surface area contributed by atoms with Crippen LogP contribution < -0.4 is 10.6 Å². The Balaban J connectivity index is 1.61. The molecule has 2 aromatic carbocycles. The summed E-state index contributed by atoms with van der Waals surface area (Å²) in [5.74, 6) is 0.694. The number of thiophene rings is 1. The molecule has 0 fully saturated rings. The summed E-state index contributed by atoms with van der Waals surface area (Å²) in [6, 6.07) is 18.4. The molecule has 1 unspecified atom stereocenters. The Kier molecular flexibility index (Phi) is 7.42. The van der Waals surface area contributed by atoms with Crippen molar-refractivity contribution in [1.29, 1.82) is 0 Å². The van der Waals surface area contributed by atoms with E-state index in [1.54, 1.807) is 18.4 Å². The van der Waals surface area contributed by atoms with Crippen LogP contribution in [0, 0.1) is 0 Å². The van der Waals surface area contributed by atoms with Crippen molar-refractivity contribution in [3.8, 4) is 0 Å². The fraction of sp³-hybridized carbons (Fsp3) is 0.318. The van der Waals surface area contributed by atoms with Gasteiger partial charge in [0.25, 0.3) is 0 Å². The molecule has 1 heterocycles. The van der Waals surface area contributed by atoms with Crippen LogP contribution in [0.1, 0.15) is 29.0 Å². The molecule has 28 heavy (non-hydrogen) atoms. The normalized spacial score (nSPS) is 12.9. The number of guanidine groups is 1. The minimum Gasteiger partial charge on any atom is -0.386 e. The molecule has 0 radical (unpaired) electrons. The second-order valence-corrected chi connectivity index (χ2v) is 7.65. The van der Waals surface area contributed by atoms with E-state index in [4.69, 9.17) is 4.74 Å². The van der Waals surface area contributed by atoms with E-state index in [0.717, 1.165) is 27.9 Å². The van der Waals surface area contributed by atoms with Gasteiger partial charge in [-0.1, -0.05) is 42.5 Å². The van der Waals surface area contributed by atoms with Gasteiger partial charge in [-0.15, -0.1) is 11.3 Å². The van der Waals surface area contributed by atoms with Crippen LogP contribution in [-0.4, -0.2) is 31.3 Å². The number of aliphatic hydroxyl groups is 1. The van der Waals surface area contributed by atoms with Gasteiger partial charge in [0.15, 0.2) is 5.96 Å². The van der Waals surface area contributed by atoms with Crippen LogP contribution in [0.5, 0.6) is 0 Å². The summed E-state index contributed by atoms with van der Waals surface area (Å²) in [7, 11) is 1.69. The number of fused-ring (bicyclic) bond motifs is 1. The third kappa shape index (κ3) is 5.55. The summed E-state index contributed by atoms with van der Waals surface area (Å²) in [6.07, 6.45) is -0.578. The van der Waals surface area contributed by atoms with Crippen molar-refractivity contribution in [3.05, 3.63) is 70.6 Å². The first-order valence-electron chi connectivity index (χ1n) is 9.45. The lowest BCUT2D eigenvalue weighted by molar-refractivity contribution is 0.184. The third-order valence-corrected chi connectivity index (χ3v) is 5.52. The largest absolute Gasteiger partial charge is 0.386 e. The zero-order valence-electron chi connectivity index (χ0n) is 16.3. The van der Waals surface area contributed by atoms with E-state index >= 15 is 0 Å². The number of nitrogens with one attached hydrogen (secondary N) is 2. The zero-order chi connectivity index (χ0) is 19.8. The summed E-state index contributed by atoms with van der Waals surface area (Å²) in [6.45, 7) is 4.35. The molecule has 0 spiro atoms. The maximum Gasteiger partial charge on any atom is 0.191 e. The number of hydrogen-bond acceptors (Lipinski definition) is 4. The van der Waals surface area contributed by atoms with E-state index < -0.39 is 6.10 Å². The molecule has 1 atom stereocenters. The lowest BCUT2D eigenvalue weighted by Crippen LogP contribution is -2.39. The van der Waals surface area contributed by atoms with Gasteiger partial charge in [-0.3, -0.25) is 0 Å². The molecule has 148 valence electrons. The molecule has 0 amide bonds. The zero-order valence-corrected chi connectivity index (χ0v) is 17.1. The van der Waals surface area contributed by atoms with Crippen molar-refractivity contribution in [2.24, 2.45) is 4.99 Å². The predicted octanol–water partition coefficient (Wildman–Crippen LogP) is 3.84. The van der Waals surface area contributed by atoms with Crippen molar-refractivity contribution in [2.75, 3.05) is 20.2 Å². The Morgan fingerprint density at radius 1 is 1.11 bits per heavy atom. The van der Waals surface area contributed by atoms with Gasteiger partial charge in [-0.25, -0.2) is 4.99 Å². The SMILES string of the molecule is CCNC(=NCc1cccc(COC)c1)NCC(O)c1cc2ccccc2s1. The number of methoxy groups -OCH3 is 1. The number of aliphatic hydroxyl groups excluding tert-OH is 1. The number of ether oxygens (including phenoxy) is 1. The third-order valence-electron chi connectivity index (χ3n) is 4.30. The van der Waals surface area contributed by atoms with Gasteiger partial charge in [0.2, 0.25) is 0 Å². The quantitative estimate of drug-likeness (QED) is 0.399. The summed E-state index contributed by atoms with van der Waals surface area (Å²) >= 11 is 1.62. The number of benzene rings is 2. The van der Waals surface area contributed by atoms with E-state index in [1.807, 2.05) is 31.2 Å². The second-order valence-electron chi connectivity index (χ2n) is 6.53. The Bertz CT molecular complexity index is 890. The van der Waals surface area contributed by atoms with E-state index in [9.17, 15) is 5.11 Å². The van der Waals surface area contributed by atoms with Crippen LogP contribution in [0.4, 0.5) is 0 Å². The van der Waals surface area contributed by atoms with Crippen LogP contribution in [0.25, 0.3) is 10.1 Å². The van der Waals surface area contributed by atoms with E-state index in [2.05, 4.69) is 46.0 Å². The highest BCUT2D eigenvalue weighted by Crippen LogP contribution is 2.29. The number of rotatable bonds is 8. The molecule has 5 nitrogen and oxygen atoms in total. The van der Waals surface area contributed by atoms with Crippen molar-refractivity contribution >= 4 is 27.4 Å². The number of aliphatic imine (C=N–C) groups is 1. The molecule has 3 rings (SSSR count). The van der Waals surface area contributed by atoms with Gasteiger partial charge >= 0.3 is 0 Å². The maximum absolute atomic E-state index is 10.6. The lowest BCUT2D eigenvalue weighted by atomic mass is 10.1. The van der Waals surface area contributed by atoms with Crippen LogP contribution >= 0.6 is 11.3 Å². The summed E-state index contributed by atoms with van der Waals surface area (Å²) < 4.78 is 6.38. The van der Waals surface area contributed by atoms with Crippen molar-refractivity contribution in [1.82, 2.24) is 10.6 Å². The molecule has 0 saturated heterocycles. The van der Waals surface area contributed by atoms with Crippen molar-refractivity contribution in [3.63, 3.8) is 0 Å². The van der Waals surface area contributed by atoms with E-state index in [-0.39, 0.29) is 0 Å². The Labute approximate surface area is 170 Å². The Morgan fingerprint density at radius 3 is 2.71 bits per heavy atom. The van der Waals surface area contributed by atoms with Crippen LogP contribution in [0.2, 0.25) is 0 Å². The molecule has 3 aromatic rings. The van der Waals surface area contributed by atoms with Crippen LogP contribution in [-0.2, 0) is 17.9 Å². The first kappa shape index (κ1) is 20.3. The van der Waals surface area contributed by atoms with Crippen LogP contribution in [0.15, 0.2) is 59.6 Å². The fourth-order valence-electron chi connectivity index (χ4n) is 2.96. The molecular weight excluding hydrogens is 370 g/mol. The first-order chi connectivity index (χ1) is 13.7. The fourth-order valence-corrected chi connectivity index (χ4v) is 4.01. The minimum atomic E-state index is -0.578. The van der Waals surface area contributed by atoms with E-state index in [1.165, 1.54) is 4.70 Å². The second kappa shape index (κ2) is 10.2. The van der Waals surface area contributed by atoms with Gasteiger partial charge < -0.3 is 20.5 Å². The van der Waals surface area contributed by atoms with Gasteiger partial charge in [0, 0.05) is 29.8 Å². The average Bonchev–Trinajstić information content (AvgIpc) is 3.15. The standard InChI is InChI=1S/C22H27N3O2S/c1-3-23-22(24-13-16-7-6-8-17(11-16)15-27-2)25-14-19(26)21-12-18-9-4-5-10-20(18)28-21/h4-12,19,26H,3,13-15H2,1-2H3,(H2,23,24,25). The van der Waals surface area contributed by atoms with Crippen LogP contribution in [0.3, 0.4) is 0 Å². The summed E-state index contributed by atoms with van der Waals surface area (Å²) in [4.78, 5) is 5.59. The number of hydrogen-bond donors (Lipinski definition) is 3. The minimum absolute atomic E-state index is 0.405. The molecule has 0 aliphatic heterocycles. The molecule has 0 aliphatic carbocycles. The molecule has 1 aromatic heterocycles. The molecule has 0 saturated carbocycles. The highest BCUT2D eigenvalue weighted by atomic mass is 32.1. The molecule has 3 N–H and O–H groups in total. The van der Waals surface area contributed by atoms with Crippen molar-refractivity contribution in [2.45, 2.75) is 26.2 Å². The average molecular weight is 398 g/mol. The first-order valence-corrected chi connectivity index (χ1v) is 10.3. The summed E-state index contributed by atoms with van der Waals surface area (Å²) in [5, 5.41) is 18.2. The summed E-state index contributed by atoms with van der Waals surface area (Å²) in [5.41, 5.74) is 2.25. The van der Waals surface area contributed by atoms with Gasteiger partial charge in [-0.2, -0.15) is 0 Å². The molecular formula is C22H27N3O2S. The molecule has 6 heteroatoms. The number of nitrogens with zero attached hydrogens (tertiary/aromatic N) is 1. The monoisotopic (exact) mass is 397 g/mol. The Hall–Kier alpha value is -2.41. The van der Waals surface area contributed by atoms with Gasteiger partial charge in [-0.05, 0) is 35.6 Å². The van der Waals surface area contributed by atoms with Gasteiger partial charge in [0.1, 0.15) is 6.10 Å². The molecule has 0 aliphatic rings. The predicted molar refractivity (Wildman–Crippen MR) is 117 cm³/mol. The van der Waals surface area contributed by atoms with Crippen molar-refractivity contribution < 1.29 is 9.84 Å². The van der Waals surface area contributed by atoms with E-state index in [0.29, 0.717) is 25.7 Å². The van der Waals surface area contributed by atoms with Gasteiger partial charge in [0.05, 0.1) is 13.2 Å². The smallest absolute Gasteiger partial charge is 0.191 e. The molecule has 0 bridgehead atoms.